The molecule has 2 heterocycles. The van der Waals surface area contributed by atoms with Crippen molar-refractivity contribution in [1.29, 1.82) is 0 Å². The van der Waals surface area contributed by atoms with Crippen LogP contribution in [0.3, 0.4) is 0 Å². The van der Waals surface area contributed by atoms with Crippen molar-refractivity contribution < 1.29 is 23.7 Å². The molecule has 0 aromatic heterocycles. The lowest BCUT2D eigenvalue weighted by atomic mass is 9.89. The third kappa shape index (κ3) is 3.19. The number of β-lactam (4-membered cyclic amide) rings is 1. The smallest absolute Gasteiger partial charge is 0.271 e. The molecule has 1 fully saturated rings. The molecule has 0 aliphatic carbocycles. The van der Waals surface area contributed by atoms with E-state index >= 15 is 0 Å². The second-order valence-corrected chi connectivity index (χ2v) is 7.40. The van der Waals surface area contributed by atoms with Crippen LogP contribution in [0.15, 0.2) is 66.7 Å². The lowest BCUT2D eigenvalue weighted by Crippen LogP contribution is -2.61. The lowest BCUT2D eigenvalue weighted by Gasteiger charge is -2.46. The molecular formula is C23H18ClNO5. The summed E-state index contributed by atoms with van der Waals surface area (Å²) in [5, 5.41) is 0.559. The highest BCUT2D eigenvalue weighted by Gasteiger charge is 2.51. The van der Waals surface area contributed by atoms with E-state index in [0.29, 0.717) is 28.0 Å². The SMILES string of the molecule is COc1ccc(O[C@H]2C(=O)N(c3cccc(Cl)c3)[C@@H]2c2ccc3c(c2)OCO3)cc1. The van der Waals surface area contributed by atoms with Crippen LogP contribution >= 0.6 is 11.6 Å². The number of anilines is 1. The maximum atomic E-state index is 13.1. The van der Waals surface area contributed by atoms with E-state index in [9.17, 15) is 4.79 Å². The lowest BCUT2D eigenvalue weighted by molar-refractivity contribution is -0.135. The molecule has 0 saturated carbocycles. The van der Waals surface area contributed by atoms with E-state index in [1.165, 1.54) is 0 Å². The molecule has 152 valence electrons. The summed E-state index contributed by atoms with van der Waals surface area (Å²) in [5.74, 6) is 2.50. The predicted octanol–water partition coefficient (Wildman–Crippen LogP) is 4.61. The van der Waals surface area contributed by atoms with E-state index in [4.69, 9.17) is 30.5 Å². The van der Waals surface area contributed by atoms with Crippen molar-refractivity contribution in [1.82, 2.24) is 0 Å². The summed E-state index contributed by atoms with van der Waals surface area (Å²) in [6, 6.07) is 19.7. The number of halogens is 1. The van der Waals surface area contributed by atoms with E-state index in [-0.39, 0.29) is 18.7 Å². The van der Waals surface area contributed by atoms with Crippen LogP contribution in [-0.2, 0) is 4.79 Å². The monoisotopic (exact) mass is 423 g/mol. The van der Waals surface area contributed by atoms with Crippen LogP contribution in [0.25, 0.3) is 0 Å². The molecule has 0 bridgehead atoms. The molecule has 5 rings (SSSR count). The van der Waals surface area contributed by atoms with Crippen molar-refractivity contribution in [2.75, 3.05) is 18.8 Å². The Morgan fingerprint density at radius 2 is 1.73 bits per heavy atom. The number of hydrogen-bond acceptors (Lipinski definition) is 5. The second-order valence-electron chi connectivity index (χ2n) is 6.96. The average Bonchev–Trinajstić information content (AvgIpc) is 3.23. The van der Waals surface area contributed by atoms with Gasteiger partial charge >= 0.3 is 0 Å². The van der Waals surface area contributed by atoms with Gasteiger partial charge in [0.05, 0.1) is 7.11 Å². The zero-order valence-corrected chi connectivity index (χ0v) is 16.8. The third-order valence-electron chi connectivity index (χ3n) is 5.19. The van der Waals surface area contributed by atoms with E-state index in [1.807, 2.05) is 30.3 Å². The number of nitrogens with zero attached hydrogens (tertiary/aromatic N) is 1. The Labute approximate surface area is 178 Å². The molecule has 3 aromatic carbocycles. The molecule has 6 nitrogen and oxygen atoms in total. The van der Waals surface area contributed by atoms with Crippen LogP contribution in [0.2, 0.25) is 5.02 Å². The van der Waals surface area contributed by atoms with Crippen LogP contribution in [0.4, 0.5) is 5.69 Å². The maximum Gasteiger partial charge on any atom is 0.271 e. The number of carbonyl (C=O) groups excluding carboxylic acids is 1. The molecule has 1 amide bonds. The zero-order chi connectivity index (χ0) is 20.7. The van der Waals surface area contributed by atoms with Crippen LogP contribution in [0.5, 0.6) is 23.0 Å². The van der Waals surface area contributed by atoms with Gasteiger partial charge in [-0.05, 0) is 60.2 Å². The van der Waals surface area contributed by atoms with Crippen molar-refractivity contribution >= 4 is 23.2 Å². The number of rotatable bonds is 5. The first-order valence-electron chi connectivity index (χ1n) is 9.43. The fourth-order valence-corrected chi connectivity index (χ4v) is 3.90. The van der Waals surface area contributed by atoms with Gasteiger partial charge in [0.25, 0.3) is 5.91 Å². The van der Waals surface area contributed by atoms with Crippen LogP contribution < -0.4 is 23.8 Å². The van der Waals surface area contributed by atoms with Gasteiger partial charge in [-0.25, -0.2) is 0 Å². The number of amides is 1. The number of carbonyl (C=O) groups is 1. The third-order valence-corrected chi connectivity index (χ3v) is 5.43. The van der Waals surface area contributed by atoms with Crippen molar-refractivity contribution in [3.05, 3.63) is 77.3 Å². The Kier molecular flexibility index (Phi) is 4.64. The second kappa shape index (κ2) is 7.46. The minimum Gasteiger partial charge on any atom is -0.497 e. The molecule has 0 unspecified atom stereocenters. The van der Waals surface area contributed by atoms with Gasteiger partial charge < -0.3 is 18.9 Å². The molecule has 7 heteroatoms. The summed E-state index contributed by atoms with van der Waals surface area (Å²) in [7, 11) is 1.60. The first-order chi connectivity index (χ1) is 14.6. The quantitative estimate of drug-likeness (QED) is 0.561. The van der Waals surface area contributed by atoms with Crippen molar-refractivity contribution in [3.63, 3.8) is 0 Å². The summed E-state index contributed by atoms with van der Waals surface area (Å²) in [4.78, 5) is 14.8. The minimum atomic E-state index is -0.683. The first kappa shape index (κ1) is 18.6. The summed E-state index contributed by atoms with van der Waals surface area (Å²) in [5.41, 5.74) is 1.60. The van der Waals surface area contributed by atoms with E-state index in [1.54, 1.807) is 48.4 Å². The largest absolute Gasteiger partial charge is 0.497 e. The summed E-state index contributed by atoms with van der Waals surface area (Å²) in [6.07, 6.45) is -0.683. The Bertz CT molecular complexity index is 1100. The van der Waals surface area contributed by atoms with Crippen LogP contribution in [-0.4, -0.2) is 25.9 Å². The van der Waals surface area contributed by atoms with E-state index in [2.05, 4.69) is 0 Å². The summed E-state index contributed by atoms with van der Waals surface area (Å²) < 4.78 is 22.2. The molecule has 3 aromatic rings. The van der Waals surface area contributed by atoms with Gasteiger partial charge in [-0.3, -0.25) is 9.69 Å². The number of hydrogen-bond donors (Lipinski definition) is 0. The summed E-state index contributed by atoms with van der Waals surface area (Å²) in [6.45, 7) is 0.187. The Balaban J connectivity index is 1.50. The molecule has 0 spiro atoms. The molecule has 2 atom stereocenters. The molecule has 1 saturated heterocycles. The van der Waals surface area contributed by atoms with Gasteiger partial charge in [-0.15, -0.1) is 0 Å². The molecule has 2 aliphatic heterocycles. The highest BCUT2D eigenvalue weighted by atomic mass is 35.5. The zero-order valence-electron chi connectivity index (χ0n) is 16.1. The standard InChI is InChI=1S/C23H18ClNO5/c1-27-17-6-8-18(9-7-17)30-22-21(14-5-10-19-20(11-14)29-13-28-19)25(23(22)26)16-4-2-3-15(24)12-16/h2-12,21-22H,13H2,1H3/t21-,22-/m1/s1. The van der Waals surface area contributed by atoms with Gasteiger partial charge in [0.2, 0.25) is 12.9 Å². The number of methoxy groups -OCH3 is 1. The minimum absolute atomic E-state index is 0.143. The number of benzene rings is 3. The Morgan fingerprint density at radius 3 is 2.50 bits per heavy atom. The Hall–Kier alpha value is -3.38. The van der Waals surface area contributed by atoms with E-state index in [0.717, 1.165) is 11.3 Å². The van der Waals surface area contributed by atoms with Gasteiger partial charge in [-0.2, -0.15) is 0 Å². The molecule has 2 aliphatic rings. The van der Waals surface area contributed by atoms with Gasteiger partial charge in [-0.1, -0.05) is 23.7 Å². The van der Waals surface area contributed by atoms with Gasteiger partial charge in [0, 0.05) is 10.7 Å². The fourth-order valence-electron chi connectivity index (χ4n) is 3.71. The molecule has 0 N–H and O–H groups in total. The highest BCUT2D eigenvalue weighted by Crippen LogP contribution is 2.44. The van der Waals surface area contributed by atoms with Gasteiger partial charge in [0.15, 0.2) is 11.5 Å². The number of fused-ring (bicyclic) bond motifs is 1. The normalized spacial score (nSPS) is 19.4. The van der Waals surface area contributed by atoms with Crippen molar-refractivity contribution in [3.8, 4) is 23.0 Å². The highest BCUT2D eigenvalue weighted by molar-refractivity contribution is 6.31. The molecular weight excluding hydrogens is 406 g/mol. The average molecular weight is 424 g/mol. The molecule has 0 radical (unpaired) electrons. The van der Waals surface area contributed by atoms with Crippen molar-refractivity contribution in [2.45, 2.75) is 12.1 Å². The van der Waals surface area contributed by atoms with Gasteiger partial charge in [0.1, 0.15) is 17.5 Å². The fraction of sp³-hybridized carbons (Fsp3) is 0.174. The van der Waals surface area contributed by atoms with Crippen molar-refractivity contribution in [2.24, 2.45) is 0 Å². The van der Waals surface area contributed by atoms with Crippen LogP contribution in [0, 0.1) is 0 Å². The van der Waals surface area contributed by atoms with Crippen LogP contribution in [0.1, 0.15) is 11.6 Å². The predicted molar refractivity (Wildman–Crippen MR) is 112 cm³/mol. The molecule has 30 heavy (non-hydrogen) atoms. The maximum absolute atomic E-state index is 13.1. The van der Waals surface area contributed by atoms with E-state index < -0.39 is 6.10 Å². The topological polar surface area (TPSA) is 57.2 Å². The number of ether oxygens (including phenoxy) is 4. The first-order valence-corrected chi connectivity index (χ1v) is 9.81. The summed E-state index contributed by atoms with van der Waals surface area (Å²) >= 11 is 6.17. The Morgan fingerprint density at radius 1 is 0.967 bits per heavy atom.